The van der Waals surface area contributed by atoms with Crippen molar-refractivity contribution in [2.24, 2.45) is 46.3 Å². The molecule has 0 aromatic carbocycles. The number of rotatable bonds is 21. The number of fused-ring (bicyclic) bond motifs is 5. The van der Waals surface area contributed by atoms with E-state index in [0.717, 1.165) is 69.1 Å². The number of esters is 1. The maximum Gasteiger partial charge on any atom is 0.305 e. The monoisotopic (exact) mass is 783 g/mol. The van der Waals surface area contributed by atoms with Crippen LogP contribution in [0.1, 0.15) is 176 Å². The Morgan fingerprint density at radius 2 is 1.57 bits per heavy atom. The first-order valence-corrected chi connectivity index (χ1v) is 23.4. The Kier molecular flexibility index (Phi) is 17.2. The molecule has 1 aliphatic heterocycles. The van der Waals surface area contributed by atoms with E-state index in [4.69, 9.17) is 14.2 Å². The minimum absolute atomic E-state index is 0.149. The summed E-state index contributed by atoms with van der Waals surface area (Å²) in [6, 6.07) is 0. The van der Waals surface area contributed by atoms with E-state index in [0.29, 0.717) is 29.6 Å². The summed E-state index contributed by atoms with van der Waals surface area (Å²) in [5.74, 6) is 3.62. The minimum atomic E-state index is -1.45. The van der Waals surface area contributed by atoms with E-state index >= 15 is 0 Å². The number of unbranched alkanes of at least 4 members (excludes halogenated alkanes) is 10. The van der Waals surface area contributed by atoms with Gasteiger partial charge in [0.2, 0.25) is 0 Å². The lowest BCUT2D eigenvalue weighted by atomic mass is 9.47. The van der Waals surface area contributed by atoms with Crippen LogP contribution in [-0.2, 0) is 19.0 Å². The van der Waals surface area contributed by atoms with E-state index < -0.39 is 30.7 Å². The molecule has 14 atom stereocenters. The second-order valence-electron chi connectivity index (χ2n) is 19.6. The molecule has 7 nitrogen and oxygen atoms in total. The molecular weight excluding hydrogens is 701 g/mol. The fourth-order valence-corrected chi connectivity index (χ4v) is 12.3. The zero-order valence-electron chi connectivity index (χ0n) is 36.4. The lowest BCUT2D eigenvalue weighted by Gasteiger charge is -2.58. The summed E-state index contributed by atoms with van der Waals surface area (Å²) in [6.07, 6.45) is 24.9. The van der Waals surface area contributed by atoms with Crippen LogP contribution < -0.4 is 0 Å². The fourth-order valence-electron chi connectivity index (χ4n) is 12.3. The zero-order valence-corrected chi connectivity index (χ0v) is 36.4. The third-order valence-corrected chi connectivity index (χ3v) is 15.9. The van der Waals surface area contributed by atoms with E-state index in [1.807, 2.05) is 0 Å². The zero-order chi connectivity index (χ0) is 40.5. The number of allylic oxidation sites excluding steroid dienone is 4. The van der Waals surface area contributed by atoms with Crippen LogP contribution in [-0.4, -0.2) is 64.7 Å². The van der Waals surface area contributed by atoms with Crippen molar-refractivity contribution in [2.45, 2.75) is 213 Å². The second kappa shape index (κ2) is 21.1. The molecule has 1 heterocycles. The molecule has 5 rings (SSSR count). The van der Waals surface area contributed by atoms with Crippen LogP contribution in [0.5, 0.6) is 0 Å². The van der Waals surface area contributed by atoms with Crippen LogP contribution >= 0.6 is 0 Å². The van der Waals surface area contributed by atoms with Gasteiger partial charge in [-0.05, 0) is 117 Å². The third kappa shape index (κ3) is 10.8. The van der Waals surface area contributed by atoms with Crippen LogP contribution in [0.2, 0.25) is 0 Å². The van der Waals surface area contributed by atoms with Gasteiger partial charge in [-0.3, -0.25) is 4.79 Å². The van der Waals surface area contributed by atoms with Crippen LogP contribution in [0.25, 0.3) is 0 Å². The molecule has 4 aliphatic carbocycles. The van der Waals surface area contributed by atoms with Gasteiger partial charge in [0.25, 0.3) is 0 Å². The summed E-state index contributed by atoms with van der Waals surface area (Å²) >= 11 is 0. The maximum atomic E-state index is 12.6. The Labute approximate surface area is 341 Å². The normalized spacial score (nSPS) is 38.0. The molecule has 0 unspecified atom stereocenters. The third-order valence-electron chi connectivity index (χ3n) is 15.9. The van der Waals surface area contributed by atoms with Crippen LogP contribution in [0.15, 0.2) is 36.0 Å². The number of hydrogen-bond acceptors (Lipinski definition) is 7. The Hall–Kier alpha value is -1.51. The van der Waals surface area contributed by atoms with Crippen molar-refractivity contribution in [1.82, 2.24) is 0 Å². The Balaban J connectivity index is 1.08. The Morgan fingerprint density at radius 1 is 0.893 bits per heavy atom. The molecule has 0 aromatic rings. The molecule has 1 saturated heterocycles. The van der Waals surface area contributed by atoms with Crippen molar-refractivity contribution in [3.63, 3.8) is 0 Å². The number of hydrogen-bond donors (Lipinski definition) is 3. The lowest BCUT2D eigenvalue weighted by molar-refractivity contribution is -0.313. The van der Waals surface area contributed by atoms with Gasteiger partial charge in [0, 0.05) is 6.42 Å². The van der Waals surface area contributed by atoms with Gasteiger partial charge in [-0.2, -0.15) is 0 Å². The summed E-state index contributed by atoms with van der Waals surface area (Å²) in [7, 11) is 0. The summed E-state index contributed by atoms with van der Waals surface area (Å²) < 4.78 is 18.0. The summed E-state index contributed by atoms with van der Waals surface area (Å²) in [4.78, 5) is 12.6. The van der Waals surface area contributed by atoms with Gasteiger partial charge in [0.15, 0.2) is 6.29 Å². The summed E-state index contributed by atoms with van der Waals surface area (Å²) in [5.41, 5.74) is 3.27. The molecule has 0 spiro atoms. The van der Waals surface area contributed by atoms with Crippen molar-refractivity contribution in [3.05, 3.63) is 36.0 Å². The predicted molar refractivity (Wildman–Crippen MR) is 226 cm³/mol. The molecule has 0 radical (unpaired) electrons. The molecule has 3 N–H and O–H groups in total. The molecule has 4 fully saturated rings. The Morgan fingerprint density at radius 3 is 2.23 bits per heavy atom. The fraction of sp³-hybridized carbons (Fsp3) is 0.857. The van der Waals surface area contributed by atoms with Gasteiger partial charge >= 0.3 is 5.97 Å². The lowest BCUT2D eigenvalue weighted by Crippen LogP contribution is -2.60. The van der Waals surface area contributed by atoms with E-state index in [1.54, 1.807) is 0 Å². The van der Waals surface area contributed by atoms with Crippen molar-refractivity contribution in [2.75, 3.05) is 6.61 Å². The van der Waals surface area contributed by atoms with Gasteiger partial charge in [0.05, 0.1) is 6.10 Å². The van der Waals surface area contributed by atoms with Crippen molar-refractivity contribution in [1.29, 1.82) is 0 Å². The van der Waals surface area contributed by atoms with E-state index in [9.17, 15) is 20.1 Å². The van der Waals surface area contributed by atoms with E-state index in [1.165, 1.54) is 88.2 Å². The first kappa shape index (κ1) is 45.6. The highest BCUT2D eigenvalue weighted by Gasteiger charge is 2.59. The van der Waals surface area contributed by atoms with Crippen LogP contribution in [0.3, 0.4) is 0 Å². The Bertz CT molecular complexity index is 1310. The maximum absolute atomic E-state index is 12.6. The SMILES string of the molecule is C=C(C)[C@H](/C=C/[C@@H](C)[C@H]1CC[C@H]2[C@@H]3CC=C4C[C@@H](O[C@@H]5O[C@H](COC(=O)CCCCCCCCCCCCC)[C@@H](O)[C@H](O)[C@H]5O)CC[C@]4(C)[C@H]3CC[C@]12C)CC. The van der Waals surface area contributed by atoms with Crippen LogP contribution in [0.4, 0.5) is 0 Å². The first-order chi connectivity index (χ1) is 26.8. The van der Waals surface area contributed by atoms with Gasteiger partial charge in [-0.15, -0.1) is 0 Å². The number of ether oxygens (including phenoxy) is 3. The molecule has 320 valence electrons. The molecule has 0 amide bonds. The van der Waals surface area contributed by atoms with E-state index in [-0.39, 0.29) is 24.1 Å². The average molecular weight is 783 g/mol. The number of aliphatic hydroxyl groups is 3. The number of carbonyl (C=O) groups is 1. The van der Waals surface area contributed by atoms with Gasteiger partial charge in [-0.25, -0.2) is 0 Å². The molecule has 56 heavy (non-hydrogen) atoms. The van der Waals surface area contributed by atoms with Crippen molar-refractivity contribution < 1.29 is 34.3 Å². The van der Waals surface area contributed by atoms with Crippen LogP contribution in [0, 0.1) is 46.3 Å². The molecule has 5 aliphatic rings. The predicted octanol–water partition coefficient (Wildman–Crippen LogP) is 10.8. The molecular formula is C49H82O7. The summed E-state index contributed by atoms with van der Waals surface area (Å²) in [5, 5.41) is 32.4. The highest BCUT2D eigenvalue weighted by molar-refractivity contribution is 5.69. The molecule has 7 heteroatoms. The van der Waals surface area contributed by atoms with Gasteiger partial charge < -0.3 is 29.5 Å². The number of aliphatic hydroxyl groups excluding tert-OH is 3. The highest BCUT2D eigenvalue weighted by Crippen LogP contribution is 2.67. The largest absolute Gasteiger partial charge is 0.463 e. The number of carbonyl (C=O) groups excluding carboxylic acids is 1. The average Bonchev–Trinajstić information content (AvgIpc) is 3.54. The van der Waals surface area contributed by atoms with E-state index in [2.05, 4.69) is 66.3 Å². The second-order valence-corrected chi connectivity index (χ2v) is 19.6. The minimum Gasteiger partial charge on any atom is -0.463 e. The smallest absolute Gasteiger partial charge is 0.305 e. The van der Waals surface area contributed by atoms with Crippen molar-refractivity contribution >= 4 is 5.97 Å². The standard InChI is InChI=1S/C49H82O7/c1-8-10-11-12-13-14-15-16-17-18-19-20-43(50)54-32-42-44(51)45(52)46(53)47(56-42)55-37-27-29-48(6)36(31-37)23-24-38-40-26-25-39(49(40,7)30-28-41(38)48)34(5)21-22-35(9-2)33(3)4/h21-23,34-35,37-42,44-47,51-53H,3,8-20,24-32H2,1-2,4-7H3/b22-21+/t34-,35+,37+,38+,39-,40+,41+,42-,44-,45+,46-,47-,48+,49-/m1/s1. The van der Waals surface area contributed by atoms with Gasteiger partial charge in [-0.1, -0.05) is 135 Å². The first-order valence-electron chi connectivity index (χ1n) is 23.4. The topological polar surface area (TPSA) is 105 Å². The highest BCUT2D eigenvalue weighted by atomic mass is 16.7. The molecule has 0 aromatic heterocycles. The van der Waals surface area contributed by atoms with Crippen molar-refractivity contribution in [3.8, 4) is 0 Å². The summed E-state index contributed by atoms with van der Waals surface area (Å²) in [6.45, 7) is 18.3. The molecule has 3 saturated carbocycles. The quantitative estimate of drug-likeness (QED) is 0.0605. The van der Waals surface area contributed by atoms with Gasteiger partial charge in [0.1, 0.15) is 31.0 Å². The molecule has 0 bridgehead atoms.